The smallest absolute Gasteiger partial charge is 0.222 e. The van der Waals surface area contributed by atoms with Crippen LogP contribution in [0.5, 0.6) is 0 Å². The van der Waals surface area contributed by atoms with Crippen molar-refractivity contribution in [2.24, 2.45) is 0 Å². The maximum Gasteiger partial charge on any atom is 0.222 e. The van der Waals surface area contributed by atoms with E-state index in [4.69, 9.17) is 0 Å². The van der Waals surface area contributed by atoms with E-state index in [1.54, 1.807) is 0 Å². The van der Waals surface area contributed by atoms with E-state index < -0.39 is 0 Å². The van der Waals surface area contributed by atoms with Crippen molar-refractivity contribution >= 4 is 5.91 Å². The molecular weight excluding hydrogens is 198 g/mol. The molecule has 2 nitrogen and oxygen atoms in total. The maximum atomic E-state index is 11.4. The summed E-state index contributed by atoms with van der Waals surface area (Å²) in [5.41, 5.74) is 0. The van der Waals surface area contributed by atoms with Gasteiger partial charge in [-0.05, 0) is 19.3 Å². The highest BCUT2D eigenvalue weighted by atomic mass is 16.2. The van der Waals surface area contributed by atoms with Crippen molar-refractivity contribution in [3.63, 3.8) is 0 Å². The van der Waals surface area contributed by atoms with Crippen LogP contribution in [0.25, 0.3) is 0 Å². The molecule has 1 aliphatic heterocycles. The molecule has 0 aromatic carbocycles. The number of rotatable bonds is 5. The lowest BCUT2D eigenvalue weighted by Crippen LogP contribution is -2.35. The van der Waals surface area contributed by atoms with Crippen molar-refractivity contribution in [3.8, 4) is 0 Å². The molecular formula is C14H29NO. The summed E-state index contributed by atoms with van der Waals surface area (Å²) in [4.78, 5) is 13.4. The van der Waals surface area contributed by atoms with Crippen molar-refractivity contribution in [2.75, 3.05) is 6.54 Å². The van der Waals surface area contributed by atoms with Gasteiger partial charge in [-0.25, -0.2) is 0 Å². The molecule has 96 valence electrons. The first-order chi connectivity index (χ1) is 7.71. The van der Waals surface area contributed by atoms with Gasteiger partial charge >= 0.3 is 0 Å². The summed E-state index contributed by atoms with van der Waals surface area (Å²) in [7, 11) is 0. The van der Waals surface area contributed by atoms with Crippen LogP contribution in [0.3, 0.4) is 0 Å². The number of amides is 1. The Morgan fingerprint density at radius 3 is 2.06 bits per heavy atom. The zero-order valence-corrected chi connectivity index (χ0v) is 11.6. The highest BCUT2D eigenvalue weighted by Gasteiger charge is 2.25. The molecule has 0 bridgehead atoms. The lowest BCUT2D eigenvalue weighted by Gasteiger charge is -2.26. The molecule has 2 heteroatoms. The normalized spacial score (nSPS) is 17.0. The SMILES string of the molecule is CCCC.CCC[C@@H](CC)N1CCCC1=O. The van der Waals surface area contributed by atoms with Gasteiger partial charge < -0.3 is 4.90 Å². The maximum absolute atomic E-state index is 11.4. The number of likely N-dealkylation sites (tertiary alicyclic amines) is 1. The predicted molar refractivity (Wildman–Crippen MR) is 70.5 cm³/mol. The van der Waals surface area contributed by atoms with Crippen molar-refractivity contribution in [2.45, 2.75) is 78.7 Å². The molecule has 1 saturated heterocycles. The lowest BCUT2D eigenvalue weighted by atomic mass is 10.1. The average molecular weight is 227 g/mol. The van der Waals surface area contributed by atoms with E-state index in [0.717, 1.165) is 25.8 Å². The molecule has 16 heavy (non-hydrogen) atoms. The van der Waals surface area contributed by atoms with Gasteiger partial charge in [-0.3, -0.25) is 4.79 Å². The van der Waals surface area contributed by atoms with Crippen LogP contribution < -0.4 is 0 Å². The van der Waals surface area contributed by atoms with Gasteiger partial charge in [0.2, 0.25) is 5.91 Å². The third-order valence-electron chi connectivity index (χ3n) is 3.14. The standard InChI is InChI=1S/C10H19NO.C4H10/c1-3-6-9(4-2)11-8-5-7-10(11)12;1-3-4-2/h9H,3-8H2,1-2H3;3-4H2,1-2H3/t9-;/m1./s1. The van der Waals surface area contributed by atoms with Crippen LogP contribution in [0.15, 0.2) is 0 Å². The molecule has 0 saturated carbocycles. The fourth-order valence-corrected chi connectivity index (χ4v) is 1.97. The van der Waals surface area contributed by atoms with E-state index in [1.807, 2.05) is 0 Å². The number of unbranched alkanes of at least 4 members (excludes halogenated alkanes) is 1. The largest absolute Gasteiger partial charge is 0.340 e. The minimum Gasteiger partial charge on any atom is -0.340 e. The van der Waals surface area contributed by atoms with Gasteiger partial charge in [0.05, 0.1) is 0 Å². The summed E-state index contributed by atoms with van der Waals surface area (Å²) in [5, 5.41) is 0. The zero-order valence-electron chi connectivity index (χ0n) is 11.6. The van der Waals surface area contributed by atoms with Crippen molar-refractivity contribution in [3.05, 3.63) is 0 Å². The number of hydrogen-bond donors (Lipinski definition) is 0. The molecule has 1 amide bonds. The highest BCUT2D eigenvalue weighted by molar-refractivity contribution is 5.78. The highest BCUT2D eigenvalue weighted by Crippen LogP contribution is 2.18. The van der Waals surface area contributed by atoms with Crippen LogP contribution in [-0.2, 0) is 4.79 Å². The Morgan fingerprint density at radius 2 is 1.75 bits per heavy atom. The Bertz CT molecular complexity index is 178. The number of carbonyl (C=O) groups excluding carboxylic acids is 1. The first kappa shape index (κ1) is 15.5. The van der Waals surface area contributed by atoms with Crippen molar-refractivity contribution in [1.82, 2.24) is 4.90 Å². The van der Waals surface area contributed by atoms with Gasteiger partial charge in [0.25, 0.3) is 0 Å². The molecule has 0 aromatic rings. The van der Waals surface area contributed by atoms with Crippen LogP contribution in [0, 0.1) is 0 Å². The molecule has 1 heterocycles. The molecule has 0 aromatic heterocycles. The third kappa shape index (κ3) is 5.53. The number of hydrogen-bond acceptors (Lipinski definition) is 1. The van der Waals surface area contributed by atoms with Crippen LogP contribution in [-0.4, -0.2) is 23.4 Å². The summed E-state index contributed by atoms with van der Waals surface area (Å²) in [6.45, 7) is 9.71. The van der Waals surface area contributed by atoms with Gasteiger partial charge in [0, 0.05) is 19.0 Å². The molecule has 0 radical (unpaired) electrons. The molecule has 1 fully saturated rings. The quantitative estimate of drug-likeness (QED) is 0.695. The van der Waals surface area contributed by atoms with Gasteiger partial charge in [0.1, 0.15) is 0 Å². The Balaban J connectivity index is 0.000000487. The second kappa shape index (κ2) is 9.68. The molecule has 0 aliphatic carbocycles. The third-order valence-corrected chi connectivity index (χ3v) is 3.14. The van der Waals surface area contributed by atoms with E-state index >= 15 is 0 Å². The minimum atomic E-state index is 0.371. The zero-order chi connectivity index (χ0) is 12.4. The van der Waals surface area contributed by atoms with E-state index in [2.05, 4.69) is 32.6 Å². The van der Waals surface area contributed by atoms with E-state index in [9.17, 15) is 4.79 Å². The minimum absolute atomic E-state index is 0.371. The number of nitrogens with zero attached hydrogens (tertiary/aromatic N) is 1. The van der Waals surface area contributed by atoms with Crippen LogP contribution in [0.1, 0.15) is 72.6 Å². The van der Waals surface area contributed by atoms with E-state index in [0.29, 0.717) is 11.9 Å². The van der Waals surface area contributed by atoms with Gasteiger partial charge in [-0.15, -0.1) is 0 Å². The molecule has 0 unspecified atom stereocenters. The van der Waals surface area contributed by atoms with Crippen molar-refractivity contribution < 1.29 is 4.79 Å². The molecule has 1 atom stereocenters. The van der Waals surface area contributed by atoms with Crippen LogP contribution >= 0.6 is 0 Å². The Hall–Kier alpha value is -0.530. The molecule has 0 spiro atoms. The van der Waals surface area contributed by atoms with Crippen LogP contribution in [0.2, 0.25) is 0 Å². The lowest BCUT2D eigenvalue weighted by molar-refractivity contribution is -0.129. The van der Waals surface area contributed by atoms with Crippen molar-refractivity contribution in [1.29, 1.82) is 0 Å². The summed E-state index contributed by atoms with van der Waals surface area (Å²) >= 11 is 0. The average Bonchev–Trinajstić information content (AvgIpc) is 2.73. The topological polar surface area (TPSA) is 20.3 Å². The fraction of sp³-hybridized carbons (Fsp3) is 0.929. The van der Waals surface area contributed by atoms with Gasteiger partial charge in [0.15, 0.2) is 0 Å². The second-order valence-corrected chi connectivity index (χ2v) is 4.54. The Morgan fingerprint density at radius 1 is 1.12 bits per heavy atom. The molecule has 0 N–H and O–H groups in total. The van der Waals surface area contributed by atoms with E-state index in [-0.39, 0.29) is 0 Å². The summed E-state index contributed by atoms with van der Waals surface area (Å²) in [5.74, 6) is 0.371. The number of carbonyl (C=O) groups is 1. The monoisotopic (exact) mass is 227 g/mol. The molecule has 1 aliphatic rings. The Kier molecular flexibility index (Phi) is 9.36. The van der Waals surface area contributed by atoms with Crippen LogP contribution in [0.4, 0.5) is 0 Å². The summed E-state index contributed by atoms with van der Waals surface area (Å²) in [6, 6.07) is 0.519. The molecule has 1 rings (SSSR count). The first-order valence-corrected chi connectivity index (χ1v) is 7.00. The summed E-state index contributed by atoms with van der Waals surface area (Å²) in [6.07, 6.45) is 7.95. The van der Waals surface area contributed by atoms with Gasteiger partial charge in [-0.2, -0.15) is 0 Å². The summed E-state index contributed by atoms with van der Waals surface area (Å²) < 4.78 is 0. The Labute approximate surface area is 101 Å². The van der Waals surface area contributed by atoms with Gasteiger partial charge in [-0.1, -0.05) is 47.0 Å². The van der Waals surface area contributed by atoms with E-state index in [1.165, 1.54) is 25.7 Å². The fourth-order valence-electron chi connectivity index (χ4n) is 1.97. The first-order valence-electron chi connectivity index (χ1n) is 7.00. The predicted octanol–water partition coefficient (Wildman–Crippen LogP) is 3.99. The second-order valence-electron chi connectivity index (χ2n) is 4.54.